The van der Waals surface area contributed by atoms with Crippen molar-refractivity contribution in [2.45, 2.75) is 39.3 Å². The molecule has 0 bridgehead atoms. The molecule has 0 rings (SSSR count). The van der Waals surface area contributed by atoms with Crippen molar-refractivity contribution >= 4 is 11.6 Å². The van der Waals surface area contributed by atoms with Gasteiger partial charge in [-0.1, -0.05) is 11.6 Å². The summed E-state index contributed by atoms with van der Waals surface area (Å²) in [5.74, 6) is 0. The zero-order valence-electron chi connectivity index (χ0n) is 8.55. The van der Waals surface area contributed by atoms with Crippen LogP contribution in [0.4, 0.5) is 0 Å². The number of rotatable bonds is 5. The van der Waals surface area contributed by atoms with E-state index >= 15 is 0 Å². The Hall–Kier alpha value is 0.210. The number of hydrogen-bond acceptors (Lipinski definition) is 1. The number of quaternary nitrogens is 1. The highest BCUT2D eigenvalue weighted by Gasteiger charge is 2.33. The maximum atomic E-state index is 9.40. The largest absolute Gasteiger partial charge is 0.386 e. The van der Waals surface area contributed by atoms with Gasteiger partial charge in [-0.25, -0.2) is 0 Å². The standard InChI is InChI=1S/C9H21ClNO/c1-5-11(6-2,7-3)9(10)8(4)12/h8-9,12H,5-7H2,1-4H3/q+1. The Morgan fingerprint density at radius 2 is 1.50 bits per heavy atom. The molecule has 0 aromatic carbocycles. The molecule has 1 N–H and O–H groups in total. The molecule has 0 radical (unpaired) electrons. The van der Waals surface area contributed by atoms with Crippen LogP contribution in [0.1, 0.15) is 27.7 Å². The highest BCUT2D eigenvalue weighted by molar-refractivity contribution is 6.19. The van der Waals surface area contributed by atoms with Gasteiger partial charge in [0.05, 0.1) is 19.6 Å². The molecule has 0 saturated carbocycles. The molecule has 0 aromatic heterocycles. The SMILES string of the molecule is CC[N+](CC)(CC)C(Cl)C(C)O. The lowest BCUT2D eigenvalue weighted by atomic mass is 10.2. The second-order valence-electron chi connectivity index (χ2n) is 3.28. The summed E-state index contributed by atoms with van der Waals surface area (Å²) in [6.07, 6.45) is -0.438. The summed E-state index contributed by atoms with van der Waals surface area (Å²) in [7, 11) is 0. The number of hydrogen-bond donors (Lipinski definition) is 1. The van der Waals surface area contributed by atoms with E-state index in [1.807, 2.05) is 0 Å². The van der Waals surface area contributed by atoms with E-state index in [1.54, 1.807) is 6.92 Å². The molecule has 0 aliphatic heterocycles. The van der Waals surface area contributed by atoms with Crippen LogP contribution in [-0.2, 0) is 0 Å². The van der Waals surface area contributed by atoms with E-state index in [2.05, 4.69) is 20.8 Å². The lowest BCUT2D eigenvalue weighted by Gasteiger charge is -2.40. The van der Waals surface area contributed by atoms with Crippen molar-refractivity contribution in [3.8, 4) is 0 Å². The molecule has 0 aliphatic rings. The Morgan fingerprint density at radius 1 is 1.17 bits per heavy atom. The summed E-state index contributed by atoms with van der Waals surface area (Å²) in [6, 6.07) is 0. The van der Waals surface area contributed by atoms with Gasteiger partial charge in [0.25, 0.3) is 0 Å². The normalized spacial score (nSPS) is 17.5. The van der Waals surface area contributed by atoms with Gasteiger partial charge in [-0.3, -0.25) is 0 Å². The van der Waals surface area contributed by atoms with Crippen LogP contribution >= 0.6 is 11.6 Å². The highest BCUT2D eigenvalue weighted by Crippen LogP contribution is 2.19. The lowest BCUT2D eigenvalue weighted by molar-refractivity contribution is -0.937. The van der Waals surface area contributed by atoms with Crippen LogP contribution in [0.2, 0.25) is 0 Å². The molecule has 2 unspecified atom stereocenters. The van der Waals surface area contributed by atoms with Gasteiger partial charge in [0, 0.05) is 0 Å². The van der Waals surface area contributed by atoms with Crippen LogP contribution in [0.25, 0.3) is 0 Å². The van der Waals surface area contributed by atoms with Crippen LogP contribution in [0.3, 0.4) is 0 Å². The van der Waals surface area contributed by atoms with E-state index in [4.69, 9.17) is 11.6 Å². The quantitative estimate of drug-likeness (QED) is 0.402. The minimum atomic E-state index is -0.438. The van der Waals surface area contributed by atoms with E-state index in [-0.39, 0.29) is 5.50 Å². The van der Waals surface area contributed by atoms with Crippen molar-refractivity contribution < 1.29 is 9.59 Å². The molecule has 2 nitrogen and oxygen atoms in total. The molecule has 3 heteroatoms. The number of alkyl halides is 1. The molecule has 0 spiro atoms. The Labute approximate surface area is 80.7 Å². The third-order valence-electron chi connectivity index (χ3n) is 2.81. The zero-order chi connectivity index (χ0) is 9.78. The summed E-state index contributed by atoms with van der Waals surface area (Å²) < 4.78 is 0.791. The molecule has 2 atom stereocenters. The number of aliphatic hydroxyl groups is 1. The monoisotopic (exact) mass is 194 g/mol. The van der Waals surface area contributed by atoms with Gasteiger partial charge < -0.3 is 9.59 Å². The number of likely N-dealkylation sites (N-methyl/N-ethyl adjacent to an activating group) is 1. The van der Waals surface area contributed by atoms with Gasteiger partial charge in [0.1, 0.15) is 6.10 Å². The van der Waals surface area contributed by atoms with Crippen molar-refractivity contribution in [3.63, 3.8) is 0 Å². The second-order valence-corrected chi connectivity index (χ2v) is 3.73. The van der Waals surface area contributed by atoms with Gasteiger partial charge in [-0.05, 0) is 27.7 Å². The molecule has 0 saturated heterocycles. The maximum Gasteiger partial charge on any atom is 0.190 e. The predicted octanol–water partition coefficient (Wildman–Crippen LogP) is 1.81. The van der Waals surface area contributed by atoms with E-state index in [0.29, 0.717) is 0 Å². The molecule has 74 valence electrons. The van der Waals surface area contributed by atoms with Crippen LogP contribution in [0.15, 0.2) is 0 Å². The fourth-order valence-electron chi connectivity index (χ4n) is 1.65. The molecule has 12 heavy (non-hydrogen) atoms. The molecule has 0 amide bonds. The minimum Gasteiger partial charge on any atom is -0.386 e. The van der Waals surface area contributed by atoms with E-state index < -0.39 is 6.10 Å². The van der Waals surface area contributed by atoms with Gasteiger partial charge in [-0.2, -0.15) is 0 Å². The fraction of sp³-hybridized carbons (Fsp3) is 1.00. The summed E-state index contributed by atoms with van der Waals surface area (Å²) >= 11 is 6.16. The Balaban J connectivity index is 4.46. The van der Waals surface area contributed by atoms with Crippen LogP contribution in [-0.4, -0.2) is 40.8 Å². The van der Waals surface area contributed by atoms with Crippen molar-refractivity contribution in [1.82, 2.24) is 0 Å². The first kappa shape index (κ1) is 12.2. The van der Waals surface area contributed by atoms with Crippen LogP contribution < -0.4 is 0 Å². The summed E-state index contributed by atoms with van der Waals surface area (Å²) in [5.41, 5.74) is -0.176. The van der Waals surface area contributed by atoms with Crippen molar-refractivity contribution in [2.24, 2.45) is 0 Å². The van der Waals surface area contributed by atoms with E-state index in [9.17, 15) is 5.11 Å². The number of aliphatic hydroxyl groups excluding tert-OH is 1. The Kier molecular flexibility index (Phi) is 5.14. The molecular weight excluding hydrogens is 174 g/mol. The van der Waals surface area contributed by atoms with Gasteiger partial charge >= 0.3 is 0 Å². The van der Waals surface area contributed by atoms with Gasteiger partial charge in [-0.15, -0.1) is 0 Å². The van der Waals surface area contributed by atoms with E-state index in [1.165, 1.54) is 0 Å². The van der Waals surface area contributed by atoms with Crippen molar-refractivity contribution in [2.75, 3.05) is 19.6 Å². The highest BCUT2D eigenvalue weighted by atomic mass is 35.5. The summed E-state index contributed by atoms with van der Waals surface area (Å²) in [5, 5.41) is 9.40. The molecule has 0 aromatic rings. The number of halogens is 1. The molecule has 0 fully saturated rings. The van der Waals surface area contributed by atoms with Gasteiger partial charge in [0.2, 0.25) is 0 Å². The first-order valence-corrected chi connectivity index (χ1v) is 5.15. The average Bonchev–Trinajstić information content (AvgIpc) is 2.08. The molecule has 0 aliphatic carbocycles. The Bertz CT molecular complexity index is 115. The third-order valence-corrected chi connectivity index (χ3v) is 3.59. The molecular formula is C9H21ClNO+. The Morgan fingerprint density at radius 3 is 1.58 bits per heavy atom. The van der Waals surface area contributed by atoms with Crippen LogP contribution in [0.5, 0.6) is 0 Å². The first-order chi connectivity index (χ1) is 5.54. The summed E-state index contributed by atoms with van der Waals surface area (Å²) in [4.78, 5) is 0. The van der Waals surface area contributed by atoms with Crippen LogP contribution in [0, 0.1) is 0 Å². The smallest absolute Gasteiger partial charge is 0.190 e. The maximum absolute atomic E-state index is 9.40. The first-order valence-electron chi connectivity index (χ1n) is 4.72. The van der Waals surface area contributed by atoms with Crippen molar-refractivity contribution in [1.29, 1.82) is 0 Å². The predicted molar refractivity (Wildman–Crippen MR) is 53.2 cm³/mol. The average molecular weight is 195 g/mol. The topological polar surface area (TPSA) is 20.2 Å². The molecule has 0 heterocycles. The number of nitrogens with zero attached hydrogens (tertiary/aromatic N) is 1. The zero-order valence-corrected chi connectivity index (χ0v) is 9.30. The fourth-order valence-corrected chi connectivity index (χ4v) is 2.07. The second kappa shape index (κ2) is 5.05. The summed E-state index contributed by atoms with van der Waals surface area (Å²) in [6.45, 7) is 11.0. The van der Waals surface area contributed by atoms with Gasteiger partial charge in [0.15, 0.2) is 5.50 Å². The third kappa shape index (κ3) is 2.35. The van der Waals surface area contributed by atoms with E-state index in [0.717, 1.165) is 24.1 Å². The minimum absolute atomic E-state index is 0.176. The lowest BCUT2D eigenvalue weighted by Crippen LogP contribution is -2.56. The van der Waals surface area contributed by atoms with Crippen molar-refractivity contribution in [3.05, 3.63) is 0 Å².